The van der Waals surface area contributed by atoms with E-state index in [0.717, 1.165) is 25.0 Å². The second kappa shape index (κ2) is 5.66. The topological polar surface area (TPSA) is 115 Å². The molecule has 2 rings (SSSR count). The highest BCUT2D eigenvalue weighted by Crippen LogP contribution is 2.31. The van der Waals surface area contributed by atoms with Gasteiger partial charge in [-0.2, -0.15) is 0 Å². The van der Waals surface area contributed by atoms with Gasteiger partial charge in [0.1, 0.15) is 5.82 Å². The molecule has 9 heteroatoms. The molecule has 1 saturated carbocycles. The summed E-state index contributed by atoms with van der Waals surface area (Å²) in [5, 5.41) is 10.8. The van der Waals surface area contributed by atoms with Gasteiger partial charge in [0.05, 0.1) is 15.4 Å². The predicted molar refractivity (Wildman–Crippen MR) is 73.7 cm³/mol. The van der Waals surface area contributed by atoms with E-state index in [2.05, 4.69) is 4.72 Å². The number of nitro benzene ring substituents is 1. The summed E-state index contributed by atoms with van der Waals surface area (Å²) < 4.78 is 40.0. The Morgan fingerprint density at radius 3 is 2.67 bits per heavy atom. The van der Waals surface area contributed by atoms with Gasteiger partial charge in [-0.25, -0.2) is 17.5 Å². The first-order valence-corrected chi connectivity index (χ1v) is 7.90. The summed E-state index contributed by atoms with van der Waals surface area (Å²) in [5.74, 6) is -0.632. The summed E-state index contributed by atoms with van der Waals surface area (Å²) in [6.45, 7) is 1.25. The predicted octanol–water partition coefficient (Wildman–Crippen LogP) is 1.06. The molecule has 116 valence electrons. The maximum atomic E-state index is 13.6. The smallest absolute Gasteiger partial charge is 0.276 e. The fourth-order valence-electron chi connectivity index (χ4n) is 1.97. The third-order valence-electron chi connectivity index (χ3n) is 3.53. The van der Waals surface area contributed by atoms with E-state index in [4.69, 9.17) is 5.73 Å². The number of sulfonamides is 1. The minimum absolute atomic E-state index is 0.0241. The number of halogens is 1. The van der Waals surface area contributed by atoms with Crippen LogP contribution in [0, 0.1) is 28.8 Å². The van der Waals surface area contributed by atoms with Crippen molar-refractivity contribution in [3.8, 4) is 0 Å². The van der Waals surface area contributed by atoms with E-state index in [-0.39, 0.29) is 18.2 Å². The second-order valence-electron chi connectivity index (χ2n) is 5.16. The van der Waals surface area contributed by atoms with E-state index in [1.165, 1.54) is 6.92 Å². The number of nitrogens with one attached hydrogen (secondary N) is 1. The average molecular weight is 317 g/mol. The second-order valence-corrected chi connectivity index (χ2v) is 6.93. The Morgan fingerprint density at radius 1 is 1.52 bits per heavy atom. The molecule has 0 radical (unpaired) electrons. The molecule has 0 saturated heterocycles. The number of nitrogens with zero attached hydrogens (tertiary/aromatic N) is 1. The lowest BCUT2D eigenvalue weighted by Crippen LogP contribution is -2.38. The summed E-state index contributed by atoms with van der Waals surface area (Å²) in [6, 6.07) is 1.32. The molecule has 1 aliphatic carbocycles. The molecule has 1 fully saturated rings. The van der Waals surface area contributed by atoms with E-state index in [9.17, 15) is 22.9 Å². The maximum Gasteiger partial charge on any atom is 0.276 e. The van der Waals surface area contributed by atoms with Crippen LogP contribution < -0.4 is 10.5 Å². The number of nitro groups is 1. The minimum atomic E-state index is -4.03. The number of benzene rings is 1. The van der Waals surface area contributed by atoms with Crippen molar-refractivity contribution in [2.24, 2.45) is 11.7 Å². The van der Waals surface area contributed by atoms with Crippen LogP contribution in [0.2, 0.25) is 0 Å². The Morgan fingerprint density at radius 2 is 2.14 bits per heavy atom. The van der Waals surface area contributed by atoms with Gasteiger partial charge in [-0.1, -0.05) is 0 Å². The van der Waals surface area contributed by atoms with Gasteiger partial charge in [0.15, 0.2) is 0 Å². The van der Waals surface area contributed by atoms with Crippen molar-refractivity contribution in [2.45, 2.75) is 30.7 Å². The van der Waals surface area contributed by atoms with Gasteiger partial charge in [-0.15, -0.1) is 0 Å². The van der Waals surface area contributed by atoms with Crippen molar-refractivity contribution in [1.29, 1.82) is 0 Å². The lowest BCUT2D eigenvalue weighted by Gasteiger charge is -2.12. The Hall–Kier alpha value is -1.58. The molecule has 0 aliphatic heterocycles. The van der Waals surface area contributed by atoms with Gasteiger partial charge in [0.2, 0.25) is 10.0 Å². The molecule has 0 bridgehead atoms. The summed E-state index contributed by atoms with van der Waals surface area (Å²) in [6.07, 6.45) is 1.93. The Bertz CT molecular complexity index is 673. The molecule has 3 N–H and O–H groups in total. The number of hydrogen-bond acceptors (Lipinski definition) is 5. The molecule has 1 unspecified atom stereocenters. The zero-order chi connectivity index (χ0) is 15.8. The zero-order valence-electron chi connectivity index (χ0n) is 11.4. The molecule has 21 heavy (non-hydrogen) atoms. The Balaban J connectivity index is 2.24. The molecule has 1 aromatic carbocycles. The van der Waals surface area contributed by atoms with E-state index < -0.39 is 31.3 Å². The molecule has 7 nitrogen and oxygen atoms in total. The molecular weight excluding hydrogens is 301 g/mol. The summed E-state index contributed by atoms with van der Waals surface area (Å²) in [4.78, 5) is 9.54. The molecule has 1 atom stereocenters. The SMILES string of the molecule is Cc1c(F)cc(S(=O)(=O)NCC(N)C2CC2)cc1[N+](=O)[O-]. The van der Waals surface area contributed by atoms with Crippen molar-refractivity contribution >= 4 is 15.7 Å². The highest BCUT2D eigenvalue weighted by Gasteiger charge is 2.30. The monoisotopic (exact) mass is 317 g/mol. The fraction of sp³-hybridized carbons (Fsp3) is 0.500. The largest absolute Gasteiger partial charge is 0.326 e. The average Bonchev–Trinajstić information content (AvgIpc) is 3.23. The fourth-order valence-corrected chi connectivity index (χ4v) is 3.07. The van der Waals surface area contributed by atoms with E-state index >= 15 is 0 Å². The van der Waals surface area contributed by atoms with E-state index in [0.29, 0.717) is 5.92 Å². The normalized spacial score (nSPS) is 16.7. The first-order valence-electron chi connectivity index (χ1n) is 6.42. The Labute approximate surface area is 121 Å². The first kappa shape index (κ1) is 15.8. The van der Waals surface area contributed by atoms with Crippen molar-refractivity contribution in [3.63, 3.8) is 0 Å². The lowest BCUT2D eigenvalue weighted by molar-refractivity contribution is -0.385. The van der Waals surface area contributed by atoms with Crippen LogP contribution in [0.15, 0.2) is 17.0 Å². The van der Waals surface area contributed by atoms with Crippen LogP contribution in [0.25, 0.3) is 0 Å². The van der Waals surface area contributed by atoms with Gasteiger partial charge in [0, 0.05) is 18.7 Å². The van der Waals surface area contributed by atoms with Crippen LogP contribution in [0.5, 0.6) is 0 Å². The van der Waals surface area contributed by atoms with E-state index in [1.807, 2.05) is 0 Å². The van der Waals surface area contributed by atoms with Gasteiger partial charge >= 0.3 is 0 Å². The highest BCUT2D eigenvalue weighted by molar-refractivity contribution is 7.89. The third-order valence-corrected chi connectivity index (χ3v) is 4.94. The van der Waals surface area contributed by atoms with Gasteiger partial charge in [-0.3, -0.25) is 10.1 Å². The molecule has 0 amide bonds. The molecule has 0 heterocycles. The standard InChI is InChI=1S/C12H16FN3O4S/c1-7-10(13)4-9(5-12(7)16(17)18)21(19,20)15-6-11(14)8-2-3-8/h4-5,8,11,15H,2-3,6,14H2,1H3. The van der Waals surface area contributed by atoms with E-state index in [1.54, 1.807) is 0 Å². The molecule has 1 aromatic rings. The minimum Gasteiger partial charge on any atom is -0.326 e. The van der Waals surface area contributed by atoms with Crippen molar-refractivity contribution < 1.29 is 17.7 Å². The molecule has 0 aromatic heterocycles. The number of hydrogen-bond donors (Lipinski definition) is 2. The highest BCUT2D eigenvalue weighted by atomic mass is 32.2. The molecular formula is C12H16FN3O4S. The van der Waals surface area contributed by atoms with Gasteiger partial charge in [-0.05, 0) is 31.7 Å². The van der Waals surface area contributed by atoms with Gasteiger partial charge < -0.3 is 5.73 Å². The summed E-state index contributed by atoms with van der Waals surface area (Å²) in [5.41, 5.74) is 5.02. The third kappa shape index (κ3) is 3.55. The quantitative estimate of drug-likeness (QED) is 0.601. The van der Waals surface area contributed by atoms with Crippen LogP contribution in [-0.2, 0) is 10.0 Å². The summed E-state index contributed by atoms with van der Waals surface area (Å²) in [7, 11) is -4.03. The van der Waals surface area contributed by atoms with Crippen LogP contribution in [0.3, 0.4) is 0 Å². The number of nitrogens with two attached hydrogens (primary N) is 1. The van der Waals surface area contributed by atoms with Crippen LogP contribution in [0.1, 0.15) is 18.4 Å². The first-order chi connectivity index (χ1) is 9.72. The molecule has 1 aliphatic rings. The van der Waals surface area contributed by atoms with Crippen molar-refractivity contribution in [2.75, 3.05) is 6.54 Å². The Kier molecular flexibility index (Phi) is 4.26. The van der Waals surface area contributed by atoms with Crippen LogP contribution >= 0.6 is 0 Å². The summed E-state index contributed by atoms with van der Waals surface area (Å²) >= 11 is 0. The van der Waals surface area contributed by atoms with Crippen LogP contribution in [0.4, 0.5) is 10.1 Å². The van der Waals surface area contributed by atoms with Crippen molar-refractivity contribution in [3.05, 3.63) is 33.6 Å². The van der Waals surface area contributed by atoms with Crippen molar-refractivity contribution in [1.82, 2.24) is 4.72 Å². The van der Waals surface area contributed by atoms with Crippen LogP contribution in [-0.4, -0.2) is 25.9 Å². The zero-order valence-corrected chi connectivity index (χ0v) is 12.2. The number of rotatable bonds is 6. The van der Waals surface area contributed by atoms with Gasteiger partial charge in [0.25, 0.3) is 5.69 Å². The maximum absolute atomic E-state index is 13.6. The molecule has 0 spiro atoms. The lowest BCUT2D eigenvalue weighted by atomic mass is 10.2.